The highest BCUT2D eigenvalue weighted by molar-refractivity contribution is 7.15. The smallest absolute Gasteiger partial charge is 0.169 e. The third kappa shape index (κ3) is 15.3. The van der Waals surface area contributed by atoms with E-state index in [0.29, 0.717) is 5.78 Å². The first-order valence-electron chi connectivity index (χ1n) is 53.6. The summed E-state index contributed by atoms with van der Waals surface area (Å²) >= 11 is 2.06. The van der Waals surface area contributed by atoms with Crippen molar-refractivity contribution in [1.82, 2.24) is 4.98 Å². The monoisotopic (exact) mass is 1890 g/mol. The van der Waals surface area contributed by atoms with Crippen molar-refractivity contribution >= 4 is 17.1 Å². The van der Waals surface area contributed by atoms with Crippen molar-refractivity contribution in [3.05, 3.63) is 574 Å². The van der Waals surface area contributed by atoms with Crippen LogP contribution in [-0.4, -0.2) is 16.4 Å². The van der Waals surface area contributed by atoms with E-state index in [4.69, 9.17) is 9.72 Å². The maximum absolute atomic E-state index is 14.6. The van der Waals surface area contributed by atoms with Gasteiger partial charge in [-0.3, -0.25) is 9.78 Å². The van der Waals surface area contributed by atoms with Crippen molar-refractivity contribution in [3.8, 4) is 16.2 Å². The Bertz CT molecular complexity index is 6710. The van der Waals surface area contributed by atoms with Gasteiger partial charge < -0.3 is 4.74 Å². The van der Waals surface area contributed by atoms with E-state index in [1.807, 2.05) is 36.5 Å². The number of rotatable bonds is 19. The van der Waals surface area contributed by atoms with Crippen LogP contribution < -0.4 is 4.74 Å². The number of carbonyl (C=O) groups is 1. The van der Waals surface area contributed by atoms with E-state index in [2.05, 4.69) is 466 Å². The topological polar surface area (TPSA) is 39.2 Å². The molecule has 144 heavy (non-hydrogen) atoms. The molecule has 16 aliphatic carbocycles. The van der Waals surface area contributed by atoms with E-state index in [9.17, 15) is 4.79 Å². The van der Waals surface area contributed by atoms with Gasteiger partial charge in [-0.1, -0.05) is 449 Å². The van der Waals surface area contributed by atoms with E-state index in [-0.39, 0.29) is 86.8 Å². The third-order valence-corrected chi connectivity index (χ3v) is 40.2. The predicted molar refractivity (Wildman–Crippen MR) is 589 cm³/mol. The van der Waals surface area contributed by atoms with E-state index in [0.717, 1.165) is 69.1 Å². The van der Waals surface area contributed by atoms with Crippen LogP contribution in [0.5, 0.6) is 5.75 Å². The summed E-state index contributed by atoms with van der Waals surface area (Å²) in [5.74, 6) is 1.35. The predicted octanol–water partition coefficient (Wildman–Crippen LogP) is 33.4. The van der Waals surface area contributed by atoms with Crippen LogP contribution in [0.3, 0.4) is 0 Å². The molecular weight excluding hydrogens is 1760 g/mol. The molecular formula is C140H129NO2S. The van der Waals surface area contributed by atoms with Crippen LogP contribution in [0.2, 0.25) is 0 Å². The molecule has 15 aromatic carbocycles. The molecule has 0 unspecified atom stereocenters. The largest absolute Gasteiger partial charge is 0.487 e. The molecule has 33 rings (SSSR count). The number of ketones is 1. The molecule has 0 radical (unpaired) electrons. The Balaban J connectivity index is 0.0000000981. The van der Waals surface area contributed by atoms with Gasteiger partial charge in [0.1, 0.15) is 11.4 Å². The minimum absolute atomic E-state index is 0.0217. The van der Waals surface area contributed by atoms with Gasteiger partial charge in [0, 0.05) is 59.7 Å². The van der Waals surface area contributed by atoms with Crippen LogP contribution in [0, 0.1) is 5.41 Å². The minimum Gasteiger partial charge on any atom is -0.487 e. The summed E-state index contributed by atoms with van der Waals surface area (Å²) in [7, 11) is 0. The number of pyridine rings is 1. The summed E-state index contributed by atoms with van der Waals surface area (Å²) in [4.78, 5) is 22.7. The molecule has 0 aliphatic heterocycles. The van der Waals surface area contributed by atoms with Gasteiger partial charge in [0.25, 0.3) is 0 Å². The van der Waals surface area contributed by atoms with Crippen LogP contribution >= 0.6 is 11.3 Å². The lowest BCUT2D eigenvalue weighted by atomic mass is 9.32. The lowest BCUT2D eigenvalue weighted by molar-refractivity contribution is -0.147. The highest BCUT2D eigenvalue weighted by atomic mass is 32.1. The van der Waals surface area contributed by atoms with Gasteiger partial charge in [-0.25, -0.2) is 0 Å². The highest BCUT2D eigenvalue weighted by Gasteiger charge is 2.75. The van der Waals surface area contributed by atoms with Gasteiger partial charge >= 0.3 is 0 Å². The highest BCUT2D eigenvalue weighted by Crippen LogP contribution is 2.80. The fourth-order valence-corrected chi connectivity index (χ4v) is 37.4. The average Bonchev–Trinajstić information content (AvgIpc) is 0.712. The van der Waals surface area contributed by atoms with Gasteiger partial charge in [0.05, 0.1) is 0 Å². The summed E-state index contributed by atoms with van der Waals surface area (Å²) in [5, 5.41) is 0. The Morgan fingerprint density at radius 2 is 0.403 bits per heavy atom. The Hall–Kier alpha value is -13.4. The molecule has 16 fully saturated rings. The van der Waals surface area contributed by atoms with E-state index < -0.39 is 0 Å². The Kier molecular flexibility index (Phi) is 22.0. The quantitative estimate of drug-likeness (QED) is 0.0758. The Labute approximate surface area is 856 Å². The summed E-state index contributed by atoms with van der Waals surface area (Å²) in [6.45, 7) is 0. The molecule has 0 N–H and O–H groups in total. The van der Waals surface area contributed by atoms with Gasteiger partial charge in [-0.2, -0.15) is 0 Å². The molecule has 0 amide bonds. The second-order valence-corrected chi connectivity index (χ2v) is 49.0. The number of para-hydroxylation sites is 1. The van der Waals surface area contributed by atoms with Crippen molar-refractivity contribution in [2.75, 3.05) is 0 Å². The molecule has 712 valence electrons. The van der Waals surface area contributed by atoms with Crippen molar-refractivity contribution < 1.29 is 9.53 Å². The Morgan fingerprint density at radius 1 is 0.194 bits per heavy atom. The van der Waals surface area contributed by atoms with Crippen molar-refractivity contribution in [2.24, 2.45) is 5.41 Å². The SMILES string of the molecule is O=C(c1ccccc1)C12CC3(c4ccccc4)CC(c4ccccc4)(C1)CC(c1ccccc1)(C2)C3.c1ccc(-c2ccc(C34CC5(c6ccccc6)CC(c6ccccc6)(CC(c6ccccc6)(C5)C3)C4)s2)cc1.c1ccc(C23CC4(c5ccccc5)CC(c5ccccc5)(C2)CC(c2ccccn2)(C3)C4)cc1.c1ccc(OC23CC4(c5ccccc5)CC(c5ccccc5)(C2)CC(c2ccccc2)(C3)C4)cc1. The number of nitrogens with zero attached hydrogens (tertiary/aromatic N) is 1. The number of hydrogen-bond donors (Lipinski definition) is 0. The van der Waals surface area contributed by atoms with Crippen molar-refractivity contribution in [1.29, 1.82) is 0 Å². The summed E-state index contributed by atoms with van der Waals surface area (Å²) in [5.41, 5.74) is 22.3. The van der Waals surface area contributed by atoms with Gasteiger partial charge in [0.15, 0.2) is 5.78 Å². The first-order chi connectivity index (χ1) is 70.5. The number of hydrogen-bond acceptors (Lipinski definition) is 4. The number of thiophene rings is 1. The second-order valence-electron chi connectivity index (χ2n) is 47.9. The summed E-state index contributed by atoms with van der Waals surface area (Å²) in [6, 6.07) is 180. The Morgan fingerprint density at radius 3 is 0.653 bits per heavy atom. The number of Topliss-reactive ketones (excluding diaryl/α,β-unsaturated/α-hetero) is 1. The molecule has 0 saturated heterocycles. The molecule has 0 atom stereocenters. The lowest BCUT2D eigenvalue weighted by Crippen LogP contribution is -2.69. The normalized spacial score (nSPS) is 32.4. The zero-order chi connectivity index (χ0) is 96.3. The van der Waals surface area contributed by atoms with Gasteiger partial charge in [0.2, 0.25) is 0 Å². The number of benzene rings is 15. The molecule has 3 nitrogen and oxygen atoms in total. The van der Waals surface area contributed by atoms with Crippen molar-refractivity contribution in [3.63, 3.8) is 0 Å². The second kappa shape index (κ2) is 35.0. The van der Waals surface area contributed by atoms with E-state index >= 15 is 0 Å². The maximum Gasteiger partial charge on any atom is 0.169 e. The van der Waals surface area contributed by atoms with Gasteiger partial charge in [-0.15, -0.1) is 11.3 Å². The van der Waals surface area contributed by atoms with Crippen LogP contribution in [0.25, 0.3) is 10.4 Å². The van der Waals surface area contributed by atoms with Crippen LogP contribution in [0.1, 0.15) is 242 Å². The van der Waals surface area contributed by atoms with Crippen molar-refractivity contribution in [2.45, 2.75) is 236 Å². The third-order valence-electron chi connectivity index (χ3n) is 38.8. The fourth-order valence-electron chi connectivity index (χ4n) is 36.2. The average molecular weight is 1890 g/mol. The lowest BCUT2D eigenvalue weighted by Gasteiger charge is -2.71. The molecule has 2 heterocycles. The first kappa shape index (κ1) is 90.6. The number of ether oxygens (including phenoxy) is 1. The fraction of sp³-hybridized carbons (Fsp3) is 0.286. The molecule has 4 heteroatoms. The molecule has 16 aliphatic rings. The van der Waals surface area contributed by atoms with Gasteiger partial charge in [-0.05, 0) is 312 Å². The maximum atomic E-state index is 14.6. The zero-order valence-corrected chi connectivity index (χ0v) is 83.7. The first-order valence-corrected chi connectivity index (χ1v) is 54.4. The molecule has 17 aromatic rings. The van der Waals surface area contributed by atoms with E-state index in [1.54, 1.807) is 21.6 Å². The zero-order valence-electron chi connectivity index (χ0n) is 82.9. The van der Waals surface area contributed by atoms with E-state index in [1.165, 1.54) is 163 Å². The standard InChI is InChI=1S/C38H34S.C35H32O.C34H32O.C33H31N/c1-5-13-29(14-6-1)33-21-22-34(39-33)38-26-35(30-15-7-2-8-16-30)23-36(27-38,31-17-9-3-10-18-31)25-37(24-35,28-38)32-19-11-4-12-20-32;36-31(27-13-5-1-6-14-27)35-24-32(28-15-7-2-8-16-28)21-33(25-35,29-17-9-3-10-18-29)23-34(22-32,26-35)30-19-11-4-12-20-30;1-5-13-27(14-6-1)31-21-32(28-15-7-2-8-16-28)23-33(22-31,29-17-9-3-10-18-29)26-34(24-31,25-32)35-30-19-11-4-12-20-30;1-4-12-26(13-5-1)30-20-31(27-14-6-2-7-15-27)22-32(21-30,28-16-8-3-9-17-28)25-33(23-30,24-31)29-18-10-11-19-34-29/h1-22H,23-28H2;1-20H,21-26H2;1-20H,21-26H2;1-19H,20-25H2. The molecule has 2 aromatic heterocycles. The summed E-state index contributed by atoms with van der Waals surface area (Å²) < 4.78 is 7.15. The molecule has 16 saturated carbocycles. The molecule has 16 bridgehead atoms. The number of aromatic nitrogens is 1. The molecule has 0 spiro atoms. The van der Waals surface area contributed by atoms with Crippen LogP contribution in [0.15, 0.2) is 492 Å². The minimum atomic E-state index is -0.377. The number of carbonyl (C=O) groups excluding carboxylic acids is 1. The van der Waals surface area contributed by atoms with Crippen LogP contribution in [0.4, 0.5) is 0 Å². The van der Waals surface area contributed by atoms with Crippen LogP contribution in [-0.2, 0) is 75.8 Å². The summed E-state index contributed by atoms with van der Waals surface area (Å²) in [6.07, 6.45) is 29.8.